The largest absolute Gasteiger partial charge is 0.480 e. The number of pyridine rings is 1. The zero-order valence-corrected chi connectivity index (χ0v) is 9.74. The number of nitrogens with zero attached hydrogens (tertiary/aromatic N) is 1. The molecule has 18 heavy (non-hydrogen) atoms. The van der Waals surface area contributed by atoms with Gasteiger partial charge in [0.05, 0.1) is 0 Å². The third kappa shape index (κ3) is 4.61. The number of nitrogens with one attached hydrogen (secondary N) is 1. The third-order valence-electron chi connectivity index (χ3n) is 2.13. The van der Waals surface area contributed by atoms with Gasteiger partial charge in [-0.3, -0.25) is 9.78 Å². The van der Waals surface area contributed by atoms with Gasteiger partial charge in [0, 0.05) is 18.5 Å². The van der Waals surface area contributed by atoms with Crippen molar-refractivity contribution in [3.63, 3.8) is 0 Å². The molecule has 94 valence electrons. The van der Waals surface area contributed by atoms with E-state index in [1.165, 1.54) is 12.2 Å². The monoisotopic (exact) mass is 246 g/mol. The molecule has 1 rings (SSSR count). The van der Waals surface area contributed by atoms with Gasteiger partial charge in [-0.2, -0.15) is 0 Å². The molecule has 0 fully saturated rings. The molecule has 2 N–H and O–H groups in total. The molecule has 1 aromatic heterocycles. The van der Waals surface area contributed by atoms with Crippen LogP contribution >= 0.6 is 0 Å². The van der Waals surface area contributed by atoms with E-state index in [1.54, 1.807) is 30.6 Å². The minimum absolute atomic E-state index is 0.182. The van der Waals surface area contributed by atoms with E-state index in [4.69, 9.17) is 5.11 Å². The lowest BCUT2D eigenvalue weighted by molar-refractivity contribution is -0.141. The molecule has 5 nitrogen and oxygen atoms in total. The lowest BCUT2D eigenvalue weighted by Gasteiger charge is -2.10. The van der Waals surface area contributed by atoms with Crippen LogP contribution in [0, 0.1) is 0 Å². The smallest absolute Gasteiger partial charge is 0.326 e. The summed E-state index contributed by atoms with van der Waals surface area (Å²) in [6.07, 6.45) is 7.70. The maximum absolute atomic E-state index is 11.5. The van der Waals surface area contributed by atoms with Gasteiger partial charge in [-0.1, -0.05) is 12.1 Å². The van der Waals surface area contributed by atoms with Crippen molar-refractivity contribution in [2.45, 2.75) is 12.5 Å². The average Bonchev–Trinajstić information content (AvgIpc) is 2.37. The van der Waals surface area contributed by atoms with Crippen molar-refractivity contribution in [3.8, 4) is 0 Å². The van der Waals surface area contributed by atoms with E-state index < -0.39 is 17.9 Å². The summed E-state index contributed by atoms with van der Waals surface area (Å²) in [5, 5.41) is 11.2. The number of carbonyl (C=O) groups excluding carboxylic acids is 1. The molecular formula is C13H14N2O3. The Kier molecular flexibility index (Phi) is 5.31. The molecule has 0 saturated carbocycles. The molecule has 0 aliphatic heterocycles. The molecule has 1 atom stereocenters. The first-order valence-electron chi connectivity index (χ1n) is 5.36. The Morgan fingerprint density at radius 1 is 1.56 bits per heavy atom. The maximum atomic E-state index is 11.5. The van der Waals surface area contributed by atoms with Gasteiger partial charge in [-0.25, -0.2) is 4.79 Å². The summed E-state index contributed by atoms with van der Waals surface area (Å²) in [5.41, 5.74) is 0.767. The van der Waals surface area contributed by atoms with Crippen LogP contribution in [0.15, 0.2) is 43.3 Å². The van der Waals surface area contributed by atoms with Crippen LogP contribution in [0.2, 0.25) is 0 Å². The Morgan fingerprint density at radius 2 is 2.33 bits per heavy atom. The molecule has 0 bridgehead atoms. The van der Waals surface area contributed by atoms with Crippen LogP contribution in [0.1, 0.15) is 12.0 Å². The first-order chi connectivity index (χ1) is 8.63. The Hall–Kier alpha value is -2.43. The number of aromatic nitrogens is 1. The Labute approximate surface area is 105 Å². The Bertz CT molecular complexity index is 455. The van der Waals surface area contributed by atoms with Gasteiger partial charge in [-0.15, -0.1) is 6.58 Å². The summed E-state index contributed by atoms with van der Waals surface area (Å²) in [4.78, 5) is 26.2. The molecule has 0 aliphatic carbocycles. The number of carbonyl (C=O) groups is 2. The molecule has 1 aromatic rings. The normalized spacial score (nSPS) is 12.0. The van der Waals surface area contributed by atoms with Gasteiger partial charge in [-0.05, 0) is 24.1 Å². The Balaban J connectivity index is 2.58. The highest BCUT2D eigenvalue weighted by atomic mass is 16.4. The SMILES string of the molecule is C=CCC(NC(=O)/C=C/c1cccnc1)C(=O)O. The van der Waals surface area contributed by atoms with Gasteiger partial charge >= 0.3 is 5.97 Å². The van der Waals surface area contributed by atoms with Crippen molar-refractivity contribution < 1.29 is 14.7 Å². The van der Waals surface area contributed by atoms with E-state index in [0.717, 1.165) is 5.56 Å². The van der Waals surface area contributed by atoms with Gasteiger partial charge in [0.25, 0.3) is 0 Å². The average molecular weight is 246 g/mol. The summed E-state index contributed by atoms with van der Waals surface area (Å²) < 4.78 is 0. The van der Waals surface area contributed by atoms with Crippen molar-refractivity contribution in [2.24, 2.45) is 0 Å². The van der Waals surface area contributed by atoms with Crippen molar-refractivity contribution in [1.82, 2.24) is 10.3 Å². The van der Waals surface area contributed by atoms with Crippen LogP contribution in [0.4, 0.5) is 0 Å². The van der Waals surface area contributed by atoms with Crippen molar-refractivity contribution in [1.29, 1.82) is 0 Å². The van der Waals surface area contributed by atoms with E-state index in [0.29, 0.717) is 0 Å². The summed E-state index contributed by atoms with van der Waals surface area (Å²) in [6, 6.07) is 2.58. The molecule has 0 radical (unpaired) electrons. The van der Waals surface area contributed by atoms with Gasteiger partial charge in [0.15, 0.2) is 0 Å². The maximum Gasteiger partial charge on any atom is 0.326 e. The Morgan fingerprint density at radius 3 is 2.89 bits per heavy atom. The second-order valence-corrected chi connectivity index (χ2v) is 3.54. The number of amides is 1. The minimum Gasteiger partial charge on any atom is -0.480 e. The first kappa shape index (κ1) is 13.6. The van der Waals surface area contributed by atoms with Crippen molar-refractivity contribution in [2.75, 3.05) is 0 Å². The van der Waals surface area contributed by atoms with E-state index >= 15 is 0 Å². The van der Waals surface area contributed by atoms with Gasteiger partial charge in [0.2, 0.25) is 5.91 Å². The van der Waals surface area contributed by atoms with E-state index in [9.17, 15) is 9.59 Å². The molecule has 1 unspecified atom stereocenters. The van der Waals surface area contributed by atoms with Crippen LogP contribution in [0.3, 0.4) is 0 Å². The number of carboxylic acid groups (broad SMARTS) is 1. The molecular weight excluding hydrogens is 232 g/mol. The standard InChI is InChI=1S/C13H14N2O3/c1-2-4-11(13(17)18)15-12(16)7-6-10-5-3-8-14-9-10/h2-3,5-9,11H,1,4H2,(H,15,16)(H,17,18)/b7-6+. The number of hydrogen-bond acceptors (Lipinski definition) is 3. The third-order valence-corrected chi connectivity index (χ3v) is 2.13. The fourth-order valence-corrected chi connectivity index (χ4v) is 1.25. The fourth-order valence-electron chi connectivity index (χ4n) is 1.25. The van der Waals surface area contributed by atoms with Crippen molar-refractivity contribution >= 4 is 18.0 Å². The highest BCUT2D eigenvalue weighted by Gasteiger charge is 2.16. The van der Waals surface area contributed by atoms with Crippen LogP contribution in [0.5, 0.6) is 0 Å². The van der Waals surface area contributed by atoms with Crippen LogP contribution in [0.25, 0.3) is 6.08 Å². The van der Waals surface area contributed by atoms with Crippen LogP contribution in [-0.4, -0.2) is 28.0 Å². The summed E-state index contributed by atoms with van der Waals surface area (Å²) in [5.74, 6) is -1.55. The quantitative estimate of drug-likeness (QED) is 0.584. The molecule has 1 heterocycles. The van der Waals surface area contributed by atoms with E-state index in [-0.39, 0.29) is 6.42 Å². The summed E-state index contributed by atoms with van der Waals surface area (Å²) >= 11 is 0. The number of hydrogen-bond donors (Lipinski definition) is 2. The topological polar surface area (TPSA) is 79.3 Å². The predicted octanol–water partition coefficient (Wildman–Crippen LogP) is 1.24. The van der Waals surface area contributed by atoms with E-state index in [2.05, 4.69) is 16.9 Å². The van der Waals surface area contributed by atoms with Gasteiger partial charge < -0.3 is 10.4 Å². The number of rotatable bonds is 6. The predicted molar refractivity (Wildman–Crippen MR) is 67.7 cm³/mol. The first-order valence-corrected chi connectivity index (χ1v) is 5.36. The number of carboxylic acids is 1. The highest BCUT2D eigenvalue weighted by molar-refractivity contribution is 5.94. The molecule has 0 saturated heterocycles. The zero-order valence-electron chi connectivity index (χ0n) is 9.74. The second-order valence-electron chi connectivity index (χ2n) is 3.54. The highest BCUT2D eigenvalue weighted by Crippen LogP contribution is 1.99. The molecule has 0 spiro atoms. The minimum atomic E-state index is -1.09. The molecule has 5 heteroatoms. The van der Waals surface area contributed by atoms with Crippen LogP contribution in [-0.2, 0) is 9.59 Å². The summed E-state index contributed by atoms with van der Waals surface area (Å²) in [6.45, 7) is 3.44. The molecule has 1 amide bonds. The van der Waals surface area contributed by atoms with Crippen molar-refractivity contribution in [3.05, 3.63) is 48.8 Å². The second kappa shape index (κ2) is 7.01. The lowest BCUT2D eigenvalue weighted by atomic mass is 10.2. The zero-order chi connectivity index (χ0) is 13.4. The molecule has 0 aromatic carbocycles. The fraction of sp³-hybridized carbons (Fsp3) is 0.154. The van der Waals surface area contributed by atoms with Crippen LogP contribution < -0.4 is 5.32 Å². The lowest BCUT2D eigenvalue weighted by Crippen LogP contribution is -2.39. The van der Waals surface area contributed by atoms with E-state index in [1.807, 2.05) is 0 Å². The molecule has 0 aliphatic rings. The summed E-state index contributed by atoms with van der Waals surface area (Å²) in [7, 11) is 0. The van der Waals surface area contributed by atoms with Gasteiger partial charge in [0.1, 0.15) is 6.04 Å². The number of aliphatic carboxylic acids is 1.